The van der Waals surface area contributed by atoms with Crippen LogP contribution in [0.2, 0.25) is 5.15 Å². The third kappa shape index (κ3) is 1.94. The Kier molecular flexibility index (Phi) is 2.34. The van der Waals surface area contributed by atoms with Gasteiger partial charge in [0.05, 0.1) is 6.07 Å². The fraction of sp³-hybridized carbons (Fsp3) is 0. The maximum Gasteiger partial charge on any atom is 0.433 e. The molecule has 0 bridgehead atoms. The van der Waals surface area contributed by atoms with E-state index >= 15 is 0 Å². The van der Waals surface area contributed by atoms with E-state index in [0.717, 1.165) is 0 Å². The average Bonchev–Trinajstić information content (AvgIpc) is 2.66. The summed E-state index contributed by atoms with van der Waals surface area (Å²) in [5.74, 6) is 0.0772. The molecular formula is C8H4ClN3O3. The molecule has 15 heavy (non-hydrogen) atoms. The van der Waals surface area contributed by atoms with Gasteiger partial charge in [0.1, 0.15) is 10.1 Å². The van der Waals surface area contributed by atoms with Crippen LogP contribution in [0.1, 0.15) is 0 Å². The van der Waals surface area contributed by atoms with Gasteiger partial charge < -0.3 is 4.42 Å². The van der Waals surface area contributed by atoms with E-state index < -0.39 is 4.92 Å². The molecule has 0 unspecified atom stereocenters. The van der Waals surface area contributed by atoms with Crippen molar-refractivity contribution in [2.24, 2.45) is 0 Å². The fourth-order valence-electron chi connectivity index (χ4n) is 1.00. The molecule has 0 aliphatic carbocycles. The minimum absolute atomic E-state index is 0.212. The van der Waals surface area contributed by atoms with E-state index in [1.807, 2.05) is 0 Å². The van der Waals surface area contributed by atoms with Crippen molar-refractivity contribution in [1.82, 2.24) is 9.97 Å². The molecule has 2 aromatic heterocycles. The molecule has 0 spiro atoms. The first-order valence-electron chi connectivity index (χ1n) is 3.90. The second kappa shape index (κ2) is 3.66. The minimum Gasteiger partial charge on any atom is -0.397 e. The van der Waals surface area contributed by atoms with Crippen molar-refractivity contribution in [3.63, 3.8) is 0 Å². The molecule has 2 aromatic rings. The molecule has 0 saturated carbocycles. The summed E-state index contributed by atoms with van der Waals surface area (Å²) in [4.78, 5) is 17.5. The highest BCUT2D eigenvalue weighted by Gasteiger charge is 2.14. The fourth-order valence-corrected chi connectivity index (χ4v) is 1.14. The zero-order chi connectivity index (χ0) is 10.8. The van der Waals surface area contributed by atoms with Gasteiger partial charge in [0, 0.05) is 6.20 Å². The summed E-state index contributed by atoms with van der Waals surface area (Å²) in [6, 6.07) is 4.16. The van der Waals surface area contributed by atoms with Crippen LogP contribution in [0.5, 0.6) is 0 Å². The molecule has 2 heterocycles. The van der Waals surface area contributed by atoms with Crippen molar-refractivity contribution in [2.45, 2.75) is 0 Å². The van der Waals surface area contributed by atoms with Crippen LogP contribution in [0.3, 0.4) is 0 Å². The lowest BCUT2D eigenvalue weighted by Gasteiger charge is -1.93. The highest BCUT2D eigenvalue weighted by Crippen LogP contribution is 2.23. The third-order valence-electron chi connectivity index (χ3n) is 1.61. The van der Waals surface area contributed by atoms with Crippen LogP contribution in [0.25, 0.3) is 11.6 Å². The molecule has 0 radical (unpaired) electrons. The summed E-state index contributed by atoms with van der Waals surface area (Å²) in [5.41, 5.74) is 0. The lowest BCUT2D eigenvalue weighted by Crippen LogP contribution is -1.86. The molecule has 0 aliphatic rings. The second-order valence-electron chi connectivity index (χ2n) is 2.60. The van der Waals surface area contributed by atoms with E-state index in [4.69, 9.17) is 16.0 Å². The van der Waals surface area contributed by atoms with Crippen LogP contribution in [0, 0.1) is 10.1 Å². The molecule has 6 nitrogen and oxygen atoms in total. The lowest BCUT2D eigenvalue weighted by molar-refractivity contribution is -0.401. The Bertz CT molecular complexity index is 511. The van der Waals surface area contributed by atoms with E-state index in [0.29, 0.717) is 0 Å². The Labute approximate surface area is 88.7 Å². The van der Waals surface area contributed by atoms with Crippen molar-refractivity contribution in [2.75, 3.05) is 0 Å². The van der Waals surface area contributed by atoms with Crippen molar-refractivity contribution in [3.05, 3.63) is 39.7 Å². The first-order valence-corrected chi connectivity index (χ1v) is 4.28. The predicted octanol–water partition coefficient (Wildman–Crippen LogP) is 2.30. The normalized spacial score (nSPS) is 10.2. The van der Waals surface area contributed by atoms with Crippen LogP contribution in [-0.4, -0.2) is 14.9 Å². The number of halogens is 1. The largest absolute Gasteiger partial charge is 0.433 e. The molecule has 0 aliphatic heterocycles. The number of aromatic nitrogens is 2. The van der Waals surface area contributed by atoms with Gasteiger partial charge in [0.15, 0.2) is 11.6 Å². The monoisotopic (exact) mass is 225 g/mol. The van der Waals surface area contributed by atoms with Crippen LogP contribution in [0.4, 0.5) is 5.88 Å². The Morgan fingerprint density at radius 3 is 2.80 bits per heavy atom. The van der Waals surface area contributed by atoms with Crippen LogP contribution < -0.4 is 0 Å². The molecule has 76 valence electrons. The summed E-state index contributed by atoms with van der Waals surface area (Å²) in [5, 5.41) is 10.6. The summed E-state index contributed by atoms with van der Waals surface area (Å²) in [6.07, 6.45) is 1.44. The van der Waals surface area contributed by atoms with Gasteiger partial charge in [-0.25, -0.2) is 9.97 Å². The first-order chi connectivity index (χ1) is 7.16. The van der Waals surface area contributed by atoms with E-state index in [1.54, 1.807) is 0 Å². The number of hydrogen-bond donors (Lipinski definition) is 0. The number of rotatable bonds is 2. The summed E-state index contributed by atoms with van der Waals surface area (Å²) in [7, 11) is 0. The Balaban J connectivity index is 2.41. The molecule has 2 rings (SSSR count). The predicted molar refractivity (Wildman–Crippen MR) is 51.4 cm³/mol. The molecule has 0 saturated heterocycles. The van der Waals surface area contributed by atoms with E-state index in [1.165, 1.54) is 24.4 Å². The Morgan fingerprint density at radius 2 is 2.20 bits per heavy atom. The number of nitro groups is 1. The summed E-state index contributed by atoms with van der Waals surface area (Å²) < 4.78 is 4.90. The maximum absolute atomic E-state index is 10.4. The highest BCUT2D eigenvalue weighted by molar-refractivity contribution is 6.29. The number of furan rings is 1. The molecule has 0 amide bonds. The smallest absolute Gasteiger partial charge is 0.397 e. The van der Waals surface area contributed by atoms with E-state index in [-0.39, 0.29) is 22.6 Å². The minimum atomic E-state index is -0.631. The molecule has 7 heteroatoms. The standard InChI is InChI=1S/C8H4ClN3O3/c9-6-3-4-10-8(11-6)5-1-2-7(15-5)12(13)14/h1-4H. The molecule has 0 N–H and O–H groups in total. The van der Waals surface area contributed by atoms with Gasteiger partial charge in [-0.2, -0.15) is 0 Å². The molecular weight excluding hydrogens is 222 g/mol. The third-order valence-corrected chi connectivity index (χ3v) is 1.82. The lowest BCUT2D eigenvalue weighted by atomic mass is 10.4. The van der Waals surface area contributed by atoms with Crippen LogP contribution in [0.15, 0.2) is 28.8 Å². The molecule has 0 fully saturated rings. The topological polar surface area (TPSA) is 82.1 Å². The van der Waals surface area contributed by atoms with E-state index in [2.05, 4.69) is 9.97 Å². The number of hydrogen-bond acceptors (Lipinski definition) is 5. The first kappa shape index (κ1) is 9.60. The van der Waals surface area contributed by atoms with E-state index in [9.17, 15) is 10.1 Å². The van der Waals surface area contributed by atoms with Gasteiger partial charge in [0.25, 0.3) is 0 Å². The molecule has 0 aromatic carbocycles. The Morgan fingerprint density at radius 1 is 1.40 bits per heavy atom. The van der Waals surface area contributed by atoms with Crippen molar-refractivity contribution >= 4 is 17.5 Å². The van der Waals surface area contributed by atoms with Gasteiger partial charge in [-0.1, -0.05) is 11.6 Å². The van der Waals surface area contributed by atoms with Crippen molar-refractivity contribution < 1.29 is 9.34 Å². The van der Waals surface area contributed by atoms with Gasteiger partial charge in [-0.3, -0.25) is 10.1 Å². The van der Waals surface area contributed by atoms with Gasteiger partial charge in [-0.05, 0) is 12.1 Å². The second-order valence-corrected chi connectivity index (χ2v) is 2.99. The summed E-state index contributed by atoms with van der Waals surface area (Å²) in [6.45, 7) is 0. The van der Waals surface area contributed by atoms with Gasteiger partial charge in [-0.15, -0.1) is 0 Å². The SMILES string of the molecule is O=[N+]([O-])c1ccc(-c2nccc(Cl)n2)o1. The van der Waals surface area contributed by atoms with Crippen molar-refractivity contribution in [1.29, 1.82) is 0 Å². The van der Waals surface area contributed by atoms with Gasteiger partial charge >= 0.3 is 5.88 Å². The summed E-state index contributed by atoms with van der Waals surface area (Å²) >= 11 is 5.64. The maximum atomic E-state index is 10.4. The average molecular weight is 226 g/mol. The zero-order valence-corrected chi connectivity index (χ0v) is 8.01. The zero-order valence-electron chi connectivity index (χ0n) is 7.25. The van der Waals surface area contributed by atoms with Crippen molar-refractivity contribution in [3.8, 4) is 11.6 Å². The molecule has 0 atom stereocenters. The van der Waals surface area contributed by atoms with Gasteiger partial charge in [0.2, 0.25) is 0 Å². The number of nitrogens with zero attached hydrogens (tertiary/aromatic N) is 3. The quantitative estimate of drug-likeness (QED) is 0.445. The van der Waals surface area contributed by atoms with Crippen LogP contribution >= 0.6 is 11.6 Å². The van der Waals surface area contributed by atoms with Crippen LogP contribution in [-0.2, 0) is 0 Å². The highest BCUT2D eigenvalue weighted by atomic mass is 35.5. The Hall–Kier alpha value is -1.95.